The summed E-state index contributed by atoms with van der Waals surface area (Å²) in [6.45, 7) is 0.374. The van der Waals surface area contributed by atoms with Crippen LogP contribution in [0.15, 0.2) is 72.8 Å². The molecule has 3 aromatic rings. The van der Waals surface area contributed by atoms with Gasteiger partial charge >= 0.3 is 0 Å². The van der Waals surface area contributed by atoms with E-state index in [1.165, 1.54) is 18.2 Å². The highest BCUT2D eigenvalue weighted by Crippen LogP contribution is 2.19. The molecule has 0 fully saturated rings. The summed E-state index contributed by atoms with van der Waals surface area (Å²) in [4.78, 5) is 11.9. The number of nitrogens with one attached hydrogen (secondary N) is 1. The fraction of sp³-hybridized carbons (Fsp3) is 0.0500. The van der Waals surface area contributed by atoms with Crippen LogP contribution in [0.3, 0.4) is 0 Å². The minimum Gasteiger partial charge on any atom is -0.348 e. The van der Waals surface area contributed by atoms with Crippen molar-refractivity contribution in [1.82, 2.24) is 5.32 Å². The van der Waals surface area contributed by atoms with Crippen LogP contribution < -0.4 is 5.32 Å². The lowest BCUT2D eigenvalue weighted by Gasteiger charge is -2.03. The van der Waals surface area contributed by atoms with Gasteiger partial charge in [0.1, 0.15) is 5.82 Å². The van der Waals surface area contributed by atoms with Crippen LogP contribution in [0.1, 0.15) is 11.1 Å². The molecule has 0 saturated heterocycles. The van der Waals surface area contributed by atoms with Crippen molar-refractivity contribution in [3.8, 4) is 0 Å². The molecule has 0 aliphatic carbocycles. The first-order valence-electron chi connectivity index (χ1n) is 7.40. The summed E-state index contributed by atoms with van der Waals surface area (Å²) in [5, 5.41) is 5.04. The number of fused-ring (bicyclic) bond motifs is 1. The standard InChI is InChI=1S/C20H16FNO/c21-18-11-8-15(9-12-18)14-22-20(23)13-10-17-6-3-5-16-4-1-2-7-19(16)17/h1-13H,14H2,(H,22,23)/b13-10-. The minimum atomic E-state index is -0.282. The van der Waals surface area contributed by atoms with Crippen molar-refractivity contribution < 1.29 is 9.18 Å². The van der Waals surface area contributed by atoms with Gasteiger partial charge in [-0.05, 0) is 40.1 Å². The zero-order chi connectivity index (χ0) is 16.1. The van der Waals surface area contributed by atoms with Crippen molar-refractivity contribution in [3.63, 3.8) is 0 Å². The minimum absolute atomic E-state index is 0.178. The smallest absolute Gasteiger partial charge is 0.244 e. The van der Waals surface area contributed by atoms with Crippen LogP contribution in [0, 0.1) is 5.82 Å². The van der Waals surface area contributed by atoms with Gasteiger partial charge in [0.2, 0.25) is 5.91 Å². The van der Waals surface area contributed by atoms with E-state index in [-0.39, 0.29) is 11.7 Å². The van der Waals surface area contributed by atoms with E-state index in [2.05, 4.69) is 5.32 Å². The average molecular weight is 305 g/mol. The highest BCUT2D eigenvalue weighted by atomic mass is 19.1. The number of hydrogen-bond donors (Lipinski definition) is 1. The van der Waals surface area contributed by atoms with Crippen LogP contribution in [0.5, 0.6) is 0 Å². The summed E-state index contributed by atoms with van der Waals surface area (Å²) < 4.78 is 12.8. The molecule has 0 spiro atoms. The molecule has 0 saturated carbocycles. The molecule has 1 amide bonds. The lowest BCUT2D eigenvalue weighted by molar-refractivity contribution is -0.116. The summed E-state index contributed by atoms with van der Waals surface area (Å²) in [5.74, 6) is -0.460. The Balaban J connectivity index is 1.67. The van der Waals surface area contributed by atoms with E-state index in [1.54, 1.807) is 12.1 Å². The predicted molar refractivity (Wildman–Crippen MR) is 91.2 cm³/mol. The Morgan fingerprint density at radius 1 is 0.957 bits per heavy atom. The molecule has 0 bridgehead atoms. The first kappa shape index (κ1) is 15.0. The molecule has 0 heterocycles. The molecule has 0 atom stereocenters. The molecule has 3 aromatic carbocycles. The van der Waals surface area contributed by atoms with Gasteiger partial charge in [-0.15, -0.1) is 0 Å². The maximum atomic E-state index is 12.8. The molecule has 0 aliphatic heterocycles. The summed E-state index contributed by atoms with van der Waals surface area (Å²) in [6, 6.07) is 20.1. The Labute approximate surface area is 134 Å². The van der Waals surface area contributed by atoms with Crippen LogP contribution in [0.2, 0.25) is 0 Å². The molecule has 3 heteroatoms. The second kappa shape index (κ2) is 6.88. The average Bonchev–Trinajstić information content (AvgIpc) is 2.59. The molecule has 0 aromatic heterocycles. The van der Waals surface area contributed by atoms with Gasteiger partial charge < -0.3 is 5.32 Å². The van der Waals surface area contributed by atoms with Crippen molar-refractivity contribution in [2.45, 2.75) is 6.54 Å². The van der Waals surface area contributed by atoms with Gasteiger partial charge in [0.05, 0.1) is 0 Å². The van der Waals surface area contributed by atoms with Crippen LogP contribution >= 0.6 is 0 Å². The summed E-state index contributed by atoms with van der Waals surface area (Å²) in [7, 11) is 0. The quantitative estimate of drug-likeness (QED) is 0.715. The second-order valence-corrected chi connectivity index (χ2v) is 5.25. The Hall–Kier alpha value is -2.94. The second-order valence-electron chi connectivity index (χ2n) is 5.25. The normalized spacial score (nSPS) is 11.0. The largest absolute Gasteiger partial charge is 0.348 e. The van der Waals surface area contributed by atoms with Crippen molar-refractivity contribution in [1.29, 1.82) is 0 Å². The van der Waals surface area contributed by atoms with E-state index < -0.39 is 0 Å². The number of amides is 1. The van der Waals surface area contributed by atoms with Gasteiger partial charge in [0.15, 0.2) is 0 Å². The van der Waals surface area contributed by atoms with Crippen molar-refractivity contribution in [2.75, 3.05) is 0 Å². The highest BCUT2D eigenvalue weighted by Gasteiger charge is 2.00. The fourth-order valence-corrected chi connectivity index (χ4v) is 2.41. The van der Waals surface area contributed by atoms with E-state index in [0.29, 0.717) is 6.54 Å². The molecule has 0 aliphatic rings. The van der Waals surface area contributed by atoms with E-state index in [4.69, 9.17) is 0 Å². The van der Waals surface area contributed by atoms with Gasteiger partial charge in [-0.25, -0.2) is 4.39 Å². The number of carbonyl (C=O) groups excluding carboxylic acids is 1. The number of benzene rings is 3. The molecule has 0 unspecified atom stereocenters. The molecule has 0 radical (unpaired) electrons. The topological polar surface area (TPSA) is 29.1 Å². The zero-order valence-corrected chi connectivity index (χ0v) is 12.5. The maximum absolute atomic E-state index is 12.8. The van der Waals surface area contributed by atoms with Gasteiger partial charge in [0, 0.05) is 12.6 Å². The Bertz CT molecular complexity index is 848. The predicted octanol–water partition coefficient (Wildman–Crippen LogP) is 4.31. The third kappa shape index (κ3) is 3.83. The highest BCUT2D eigenvalue weighted by molar-refractivity contribution is 5.96. The summed E-state index contributed by atoms with van der Waals surface area (Å²) in [5.41, 5.74) is 1.86. The van der Waals surface area contributed by atoms with Gasteiger partial charge in [-0.3, -0.25) is 4.79 Å². The van der Waals surface area contributed by atoms with E-state index in [9.17, 15) is 9.18 Å². The number of hydrogen-bond acceptors (Lipinski definition) is 1. The van der Waals surface area contributed by atoms with Crippen molar-refractivity contribution >= 4 is 22.8 Å². The van der Waals surface area contributed by atoms with Crippen LogP contribution in [0.25, 0.3) is 16.8 Å². The lowest BCUT2D eigenvalue weighted by Crippen LogP contribution is -2.20. The van der Waals surface area contributed by atoms with Crippen molar-refractivity contribution in [3.05, 3.63) is 89.8 Å². The van der Waals surface area contributed by atoms with E-state index >= 15 is 0 Å². The number of carbonyl (C=O) groups is 1. The monoisotopic (exact) mass is 305 g/mol. The molecule has 2 nitrogen and oxygen atoms in total. The Morgan fingerprint density at radius 2 is 1.70 bits per heavy atom. The first-order valence-corrected chi connectivity index (χ1v) is 7.40. The van der Waals surface area contributed by atoms with Crippen LogP contribution in [-0.4, -0.2) is 5.91 Å². The van der Waals surface area contributed by atoms with Crippen molar-refractivity contribution in [2.24, 2.45) is 0 Å². The van der Waals surface area contributed by atoms with Crippen LogP contribution in [0.4, 0.5) is 4.39 Å². The molecule has 23 heavy (non-hydrogen) atoms. The third-order valence-corrected chi connectivity index (χ3v) is 3.62. The third-order valence-electron chi connectivity index (χ3n) is 3.62. The molecular weight excluding hydrogens is 289 g/mol. The number of halogens is 1. The van der Waals surface area contributed by atoms with Gasteiger partial charge in [-0.2, -0.15) is 0 Å². The lowest BCUT2D eigenvalue weighted by atomic mass is 10.0. The maximum Gasteiger partial charge on any atom is 0.244 e. The molecule has 1 N–H and O–H groups in total. The summed E-state index contributed by atoms with van der Waals surface area (Å²) in [6.07, 6.45) is 3.33. The molecule has 3 rings (SSSR count). The Morgan fingerprint density at radius 3 is 2.52 bits per heavy atom. The fourth-order valence-electron chi connectivity index (χ4n) is 2.41. The zero-order valence-electron chi connectivity index (χ0n) is 12.5. The van der Waals surface area contributed by atoms with Gasteiger partial charge in [0.25, 0.3) is 0 Å². The van der Waals surface area contributed by atoms with E-state index in [1.807, 2.05) is 48.5 Å². The molecular formula is C20H16FNO. The van der Waals surface area contributed by atoms with E-state index in [0.717, 1.165) is 21.9 Å². The van der Waals surface area contributed by atoms with Crippen LogP contribution in [-0.2, 0) is 11.3 Å². The Kier molecular flexibility index (Phi) is 4.48. The molecule has 114 valence electrons. The first-order chi connectivity index (χ1) is 11.2. The number of rotatable bonds is 4. The SMILES string of the molecule is O=C(/C=C\c1cccc2ccccc12)NCc1ccc(F)cc1. The van der Waals surface area contributed by atoms with Gasteiger partial charge in [-0.1, -0.05) is 54.6 Å². The summed E-state index contributed by atoms with van der Waals surface area (Å²) >= 11 is 0.